The van der Waals surface area contributed by atoms with Crippen LogP contribution in [0, 0.1) is 39.4 Å². The predicted molar refractivity (Wildman–Crippen MR) is 56.9 cm³/mol. The van der Waals surface area contributed by atoms with Gasteiger partial charge in [-0.1, -0.05) is 26.2 Å². The summed E-state index contributed by atoms with van der Waals surface area (Å²) in [5.74, 6) is -1.60. The molecule has 2 fully saturated rings. The quantitative estimate of drug-likeness (QED) is 0.573. The minimum absolute atomic E-state index is 0.419. The van der Waals surface area contributed by atoms with E-state index in [0.717, 1.165) is 19.3 Å². The molecule has 0 bridgehead atoms. The molecule has 0 radical (unpaired) electrons. The Morgan fingerprint density at radius 1 is 1.18 bits per heavy atom. The smallest absolute Gasteiger partial charge is 0.249 e. The van der Waals surface area contributed by atoms with Crippen molar-refractivity contribution in [3.8, 4) is 12.1 Å². The molecule has 0 aromatic rings. The number of piperidine rings is 1. The second kappa shape index (κ2) is 3.56. The fourth-order valence-corrected chi connectivity index (χ4v) is 2.99. The third-order valence-corrected chi connectivity index (χ3v) is 3.98. The lowest BCUT2D eigenvalue weighted by Gasteiger charge is -2.06. The van der Waals surface area contributed by atoms with E-state index in [1.165, 1.54) is 0 Å². The number of nitriles is 2. The van der Waals surface area contributed by atoms with Crippen LogP contribution in [0.5, 0.6) is 0 Å². The van der Waals surface area contributed by atoms with Gasteiger partial charge in [-0.05, 0) is 6.42 Å². The molecule has 2 aliphatic rings. The van der Waals surface area contributed by atoms with E-state index in [2.05, 4.69) is 5.32 Å². The van der Waals surface area contributed by atoms with E-state index < -0.39 is 28.6 Å². The molecule has 2 amide bonds. The number of hydrogen-bond donors (Lipinski definition) is 1. The second-order valence-corrected chi connectivity index (χ2v) is 4.67. The molecule has 17 heavy (non-hydrogen) atoms. The summed E-state index contributed by atoms with van der Waals surface area (Å²) in [6.07, 6.45) is 3.43. The van der Waals surface area contributed by atoms with Gasteiger partial charge >= 0.3 is 0 Å². The van der Waals surface area contributed by atoms with Crippen LogP contribution in [0.15, 0.2) is 0 Å². The molecule has 0 spiro atoms. The van der Waals surface area contributed by atoms with Crippen molar-refractivity contribution in [3.05, 3.63) is 0 Å². The molecule has 1 N–H and O–H groups in total. The van der Waals surface area contributed by atoms with Gasteiger partial charge in [-0.15, -0.1) is 0 Å². The van der Waals surface area contributed by atoms with E-state index in [1.807, 2.05) is 19.1 Å². The highest BCUT2D eigenvalue weighted by molar-refractivity contribution is 6.18. The molecular formula is C12H13N3O2. The molecule has 5 nitrogen and oxygen atoms in total. The standard InChI is InChI=1S/C12H13N3O2/c1-2-3-4-5-8-11(6-13)9(16)15-10(17)12(8,11)7-14/h8H,2-5H2,1H3,(H,15,16,17)/t8?,11-,12+. The Kier molecular flexibility index (Phi) is 2.43. The van der Waals surface area contributed by atoms with Gasteiger partial charge in [0.15, 0.2) is 10.8 Å². The molecule has 3 atom stereocenters. The molecule has 1 heterocycles. The van der Waals surface area contributed by atoms with Gasteiger partial charge < -0.3 is 0 Å². The maximum atomic E-state index is 11.7. The molecule has 0 aromatic heterocycles. The average molecular weight is 231 g/mol. The van der Waals surface area contributed by atoms with E-state index in [0.29, 0.717) is 6.42 Å². The highest BCUT2D eigenvalue weighted by Gasteiger charge is 2.89. The first-order valence-electron chi connectivity index (χ1n) is 5.80. The van der Waals surface area contributed by atoms with Gasteiger partial charge in [0, 0.05) is 5.92 Å². The maximum absolute atomic E-state index is 11.7. The van der Waals surface area contributed by atoms with Crippen molar-refractivity contribution < 1.29 is 9.59 Å². The van der Waals surface area contributed by atoms with Crippen molar-refractivity contribution in [3.63, 3.8) is 0 Å². The van der Waals surface area contributed by atoms with E-state index in [4.69, 9.17) is 10.5 Å². The normalized spacial score (nSPS) is 37.9. The zero-order chi connectivity index (χ0) is 12.7. The number of amides is 2. The van der Waals surface area contributed by atoms with Gasteiger partial charge in [-0.2, -0.15) is 10.5 Å². The number of carbonyl (C=O) groups excluding carboxylic acids is 2. The predicted octanol–water partition coefficient (Wildman–Crippen LogP) is 0.873. The molecule has 1 aliphatic heterocycles. The highest BCUT2D eigenvalue weighted by atomic mass is 16.2. The van der Waals surface area contributed by atoms with Crippen LogP contribution in [0.3, 0.4) is 0 Å². The summed E-state index contributed by atoms with van der Waals surface area (Å²) in [5.41, 5.74) is -2.82. The van der Waals surface area contributed by atoms with Crippen LogP contribution in [-0.2, 0) is 9.59 Å². The van der Waals surface area contributed by atoms with Gasteiger partial charge in [0.25, 0.3) is 0 Å². The van der Waals surface area contributed by atoms with Gasteiger partial charge in [0.1, 0.15) is 0 Å². The van der Waals surface area contributed by atoms with Crippen molar-refractivity contribution >= 4 is 11.8 Å². The first-order valence-corrected chi connectivity index (χ1v) is 5.80. The van der Waals surface area contributed by atoms with Crippen molar-refractivity contribution in [1.29, 1.82) is 10.5 Å². The first-order chi connectivity index (χ1) is 8.11. The fraction of sp³-hybridized carbons (Fsp3) is 0.667. The number of nitrogens with one attached hydrogen (secondary N) is 1. The summed E-state index contributed by atoms with van der Waals surface area (Å²) in [6, 6.07) is 3.82. The van der Waals surface area contributed by atoms with Crippen LogP contribution < -0.4 is 5.32 Å². The summed E-state index contributed by atoms with van der Waals surface area (Å²) in [4.78, 5) is 23.4. The minimum atomic E-state index is -1.41. The third-order valence-electron chi connectivity index (χ3n) is 3.98. The molecule has 1 aliphatic carbocycles. The number of hydrogen-bond acceptors (Lipinski definition) is 4. The van der Waals surface area contributed by atoms with Crippen LogP contribution in [0.2, 0.25) is 0 Å². The Hall–Kier alpha value is -1.88. The average Bonchev–Trinajstić information content (AvgIpc) is 2.85. The van der Waals surface area contributed by atoms with Crippen LogP contribution in [0.4, 0.5) is 0 Å². The van der Waals surface area contributed by atoms with Crippen LogP contribution in [-0.4, -0.2) is 11.8 Å². The lowest BCUT2D eigenvalue weighted by Crippen LogP contribution is -2.32. The van der Waals surface area contributed by atoms with Gasteiger partial charge in [-0.25, -0.2) is 0 Å². The van der Waals surface area contributed by atoms with Crippen LogP contribution in [0.1, 0.15) is 32.6 Å². The Labute approximate surface area is 99.4 Å². The number of rotatable bonds is 4. The van der Waals surface area contributed by atoms with Gasteiger partial charge in [0.2, 0.25) is 11.8 Å². The number of fused-ring (bicyclic) bond motifs is 1. The number of nitrogens with zero attached hydrogens (tertiary/aromatic N) is 2. The Bertz CT molecular complexity index is 435. The minimum Gasteiger partial charge on any atom is -0.294 e. The summed E-state index contributed by atoms with van der Waals surface area (Å²) in [7, 11) is 0. The molecule has 88 valence electrons. The summed E-state index contributed by atoms with van der Waals surface area (Å²) in [5, 5.41) is 20.4. The van der Waals surface area contributed by atoms with Crippen molar-refractivity contribution in [1.82, 2.24) is 5.32 Å². The van der Waals surface area contributed by atoms with E-state index in [9.17, 15) is 9.59 Å². The first kappa shape index (κ1) is 11.6. The molecule has 1 saturated heterocycles. The summed E-state index contributed by atoms with van der Waals surface area (Å²) < 4.78 is 0. The molecule has 5 heteroatoms. The van der Waals surface area contributed by atoms with Crippen molar-refractivity contribution in [2.75, 3.05) is 0 Å². The third kappa shape index (κ3) is 1.07. The number of carbonyl (C=O) groups is 2. The fourth-order valence-electron chi connectivity index (χ4n) is 2.99. The molecule has 1 saturated carbocycles. The maximum Gasteiger partial charge on any atom is 0.249 e. The van der Waals surface area contributed by atoms with Gasteiger partial charge in [-0.3, -0.25) is 14.9 Å². The SMILES string of the molecule is CCCCCC1[C@]2(C#N)C(=O)NC(=O)[C@]12C#N. The van der Waals surface area contributed by atoms with E-state index in [-0.39, 0.29) is 0 Å². The molecule has 0 aromatic carbocycles. The zero-order valence-electron chi connectivity index (χ0n) is 9.62. The number of unbranched alkanes of at least 4 members (excludes halogenated alkanes) is 2. The Balaban J connectivity index is 2.27. The number of imide groups is 1. The zero-order valence-corrected chi connectivity index (χ0v) is 9.62. The van der Waals surface area contributed by atoms with Crippen LogP contribution in [0.25, 0.3) is 0 Å². The summed E-state index contributed by atoms with van der Waals surface area (Å²) in [6.45, 7) is 2.05. The summed E-state index contributed by atoms with van der Waals surface area (Å²) >= 11 is 0. The highest BCUT2D eigenvalue weighted by Crippen LogP contribution is 2.73. The second-order valence-electron chi connectivity index (χ2n) is 4.67. The van der Waals surface area contributed by atoms with Crippen molar-refractivity contribution in [2.24, 2.45) is 16.7 Å². The molecule has 2 rings (SSSR count). The molecule has 1 unspecified atom stereocenters. The largest absolute Gasteiger partial charge is 0.294 e. The van der Waals surface area contributed by atoms with E-state index in [1.54, 1.807) is 0 Å². The lowest BCUT2D eigenvalue weighted by molar-refractivity contribution is -0.129. The molecular weight excluding hydrogens is 218 g/mol. The topological polar surface area (TPSA) is 93.8 Å². The lowest BCUT2D eigenvalue weighted by atomic mass is 9.98. The van der Waals surface area contributed by atoms with Crippen molar-refractivity contribution in [2.45, 2.75) is 32.6 Å². The van der Waals surface area contributed by atoms with Crippen LogP contribution >= 0.6 is 0 Å². The monoisotopic (exact) mass is 231 g/mol. The van der Waals surface area contributed by atoms with E-state index >= 15 is 0 Å². The Morgan fingerprint density at radius 2 is 1.71 bits per heavy atom. The van der Waals surface area contributed by atoms with Gasteiger partial charge in [0.05, 0.1) is 12.1 Å². The Morgan fingerprint density at radius 3 is 2.12 bits per heavy atom.